The molecule has 1 amide bonds. The zero-order chi connectivity index (χ0) is 18.4. The first-order valence-electron chi connectivity index (χ1n) is 8.77. The van der Waals surface area contributed by atoms with Crippen LogP contribution in [0.4, 0.5) is 5.13 Å². The number of ether oxygens (including phenoxy) is 1. The van der Waals surface area contributed by atoms with Gasteiger partial charge in [0.05, 0.1) is 5.69 Å². The van der Waals surface area contributed by atoms with Gasteiger partial charge in [-0.3, -0.25) is 10.1 Å². The topological polar surface area (TPSA) is 67.0 Å². The van der Waals surface area contributed by atoms with Crippen molar-refractivity contribution in [3.63, 3.8) is 0 Å². The van der Waals surface area contributed by atoms with Gasteiger partial charge in [0.1, 0.15) is 5.75 Å². The van der Waals surface area contributed by atoms with Crippen molar-refractivity contribution in [1.82, 2.24) is 9.97 Å². The zero-order valence-electron chi connectivity index (χ0n) is 14.7. The summed E-state index contributed by atoms with van der Waals surface area (Å²) in [5, 5.41) is 6.59. The molecule has 1 aliphatic rings. The van der Waals surface area contributed by atoms with Crippen LogP contribution in [0.15, 0.2) is 53.9 Å². The molecule has 6 heteroatoms. The van der Waals surface area contributed by atoms with E-state index in [1.165, 1.54) is 11.3 Å². The number of carbonyl (C=O) groups is 1. The molecule has 1 atom stereocenters. The van der Waals surface area contributed by atoms with Crippen molar-refractivity contribution in [2.24, 2.45) is 0 Å². The molecule has 1 aliphatic heterocycles. The Morgan fingerprint density at radius 1 is 1.22 bits per heavy atom. The van der Waals surface area contributed by atoms with E-state index >= 15 is 0 Å². The maximum absolute atomic E-state index is 12.6. The predicted octanol–water partition coefficient (Wildman–Crippen LogP) is 4.54. The number of hydrogen-bond donors (Lipinski definition) is 2. The van der Waals surface area contributed by atoms with Gasteiger partial charge in [0, 0.05) is 34.0 Å². The molecule has 0 saturated carbocycles. The van der Waals surface area contributed by atoms with Gasteiger partial charge in [-0.05, 0) is 24.6 Å². The molecule has 27 heavy (non-hydrogen) atoms. The summed E-state index contributed by atoms with van der Waals surface area (Å²) >= 11 is 1.42. The fourth-order valence-electron chi connectivity index (χ4n) is 3.57. The van der Waals surface area contributed by atoms with Gasteiger partial charge < -0.3 is 9.72 Å². The summed E-state index contributed by atoms with van der Waals surface area (Å²) in [4.78, 5) is 20.6. The van der Waals surface area contributed by atoms with E-state index in [1.807, 2.05) is 48.7 Å². The third-order valence-electron chi connectivity index (χ3n) is 4.82. The smallest absolute Gasteiger partial charge is 0.267 e. The van der Waals surface area contributed by atoms with Crippen LogP contribution in [0.5, 0.6) is 5.75 Å². The van der Waals surface area contributed by atoms with Crippen LogP contribution in [0.1, 0.15) is 11.3 Å². The number of H-pyrrole nitrogens is 1. The number of nitrogens with one attached hydrogen (secondary N) is 2. The molecule has 3 heterocycles. The lowest BCUT2D eigenvalue weighted by Gasteiger charge is -2.09. The second kappa shape index (κ2) is 6.25. The van der Waals surface area contributed by atoms with Crippen molar-refractivity contribution >= 4 is 33.3 Å². The minimum atomic E-state index is -0.510. The predicted molar refractivity (Wildman–Crippen MR) is 107 cm³/mol. The van der Waals surface area contributed by atoms with Crippen molar-refractivity contribution in [2.45, 2.75) is 19.4 Å². The number of rotatable bonds is 3. The van der Waals surface area contributed by atoms with E-state index in [1.54, 1.807) is 0 Å². The number of thiazole rings is 1. The summed E-state index contributed by atoms with van der Waals surface area (Å²) in [5.41, 5.74) is 5.15. The third kappa shape index (κ3) is 2.78. The molecule has 0 radical (unpaired) electrons. The third-order valence-corrected chi connectivity index (χ3v) is 5.58. The highest BCUT2D eigenvalue weighted by molar-refractivity contribution is 7.14. The minimum absolute atomic E-state index is 0.164. The Balaban J connectivity index is 1.37. The highest BCUT2D eigenvalue weighted by atomic mass is 32.1. The van der Waals surface area contributed by atoms with Crippen LogP contribution < -0.4 is 10.1 Å². The van der Waals surface area contributed by atoms with Gasteiger partial charge in [-0.25, -0.2) is 4.98 Å². The zero-order valence-corrected chi connectivity index (χ0v) is 15.5. The van der Waals surface area contributed by atoms with E-state index in [9.17, 15) is 4.79 Å². The molecule has 2 aromatic carbocycles. The average molecular weight is 375 g/mol. The summed E-state index contributed by atoms with van der Waals surface area (Å²) in [7, 11) is 0. The van der Waals surface area contributed by atoms with Gasteiger partial charge in [0.2, 0.25) is 0 Å². The SMILES string of the molecule is Cc1[nH]c2ccccc2c1-c1csc(NC(=O)C2Cc3ccccc3O2)n1. The second-order valence-corrected chi connectivity index (χ2v) is 7.47. The summed E-state index contributed by atoms with van der Waals surface area (Å²) in [6.45, 7) is 2.04. The number of aromatic amines is 1. The molecule has 134 valence electrons. The van der Waals surface area contributed by atoms with E-state index in [0.29, 0.717) is 11.6 Å². The first-order valence-corrected chi connectivity index (χ1v) is 9.65. The van der Waals surface area contributed by atoms with E-state index < -0.39 is 6.10 Å². The van der Waals surface area contributed by atoms with Crippen LogP contribution in [0, 0.1) is 6.92 Å². The molecule has 2 aromatic heterocycles. The van der Waals surface area contributed by atoms with Crippen molar-refractivity contribution in [2.75, 3.05) is 5.32 Å². The number of anilines is 1. The lowest BCUT2D eigenvalue weighted by atomic mass is 10.1. The Kier molecular flexibility index (Phi) is 3.72. The lowest BCUT2D eigenvalue weighted by Crippen LogP contribution is -2.31. The Labute approximate surface area is 160 Å². The number of aromatic nitrogens is 2. The van der Waals surface area contributed by atoms with Gasteiger partial charge in [0.15, 0.2) is 11.2 Å². The lowest BCUT2D eigenvalue weighted by molar-refractivity contribution is -0.122. The monoisotopic (exact) mass is 375 g/mol. The van der Waals surface area contributed by atoms with Crippen molar-refractivity contribution in [3.05, 3.63) is 65.2 Å². The van der Waals surface area contributed by atoms with Crippen molar-refractivity contribution in [3.8, 4) is 17.0 Å². The number of para-hydroxylation sites is 2. The van der Waals surface area contributed by atoms with Gasteiger partial charge in [0.25, 0.3) is 5.91 Å². The van der Waals surface area contributed by atoms with E-state index in [4.69, 9.17) is 4.74 Å². The molecular weight excluding hydrogens is 358 g/mol. The highest BCUT2D eigenvalue weighted by Crippen LogP contribution is 2.34. The summed E-state index contributed by atoms with van der Waals surface area (Å²) in [6.07, 6.45) is 0.0755. The minimum Gasteiger partial charge on any atom is -0.480 e. The molecule has 0 spiro atoms. The van der Waals surface area contributed by atoms with Crippen molar-refractivity contribution in [1.29, 1.82) is 0 Å². The number of amides is 1. The van der Waals surface area contributed by atoms with Gasteiger partial charge in [-0.15, -0.1) is 11.3 Å². The summed E-state index contributed by atoms with van der Waals surface area (Å²) in [6, 6.07) is 15.9. The van der Waals surface area contributed by atoms with Crippen LogP contribution in [-0.2, 0) is 11.2 Å². The fraction of sp³-hybridized carbons (Fsp3) is 0.143. The van der Waals surface area contributed by atoms with E-state index in [0.717, 1.165) is 39.2 Å². The van der Waals surface area contributed by atoms with E-state index in [2.05, 4.69) is 27.4 Å². The first-order chi connectivity index (χ1) is 13.2. The number of aryl methyl sites for hydroxylation is 1. The summed E-state index contributed by atoms with van der Waals surface area (Å²) in [5.74, 6) is 0.620. The Morgan fingerprint density at radius 3 is 2.93 bits per heavy atom. The van der Waals surface area contributed by atoms with Crippen LogP contribution in [0.25, 0.3) is 22.2 Å². The Hall–Kier alpha value is -3.12. The molecule has 0 fully saturated rings. The highest BCUT2D eigenvalue weighted by Gasteiger charge is 2.29. The number of benzene rings is 2. The molecule has 4 aromatic rings. The summed E-state index contributed by atoms with van der Waals surface area (Å²) < 4.78 is 5.76. The van der Waals surface area contributed by atoms with Crippen LogP contribution in [0.2, 0.25) is 0 Å². The van der Waals surface area contributed by atoms with Crippen LogP contribution in [-0.4, -0.2) is 22.0 Å². The van der Waals surface area contributed by atoms with Crippen LogP contribution in [0.3, 0.4) is 0 Å². The molecule has 2 N–H and O–H groups in total. The van der Waals surface area contributed by atoms with Gasteiger partial charge >= 0.3 is 0 Å². The maximum atomic E-state index is 12.6. The average Bonchev–Trinajstić information content (AvgIpc) is 3.37. The normalized spacial score (nSPS) is 15.5. The fourth-order valence-corrected chi connectivity index (χ4v) is 4.27. The standard InChI is InChI=1S/C21H17N3O2S/c1-12-19(14-7-3-4-8-15(14)22-12)16-11-27-21(23-16)24-20(25)18-10-13-6-2-5-9-17(13)26-18/h2-9,11,18,22H,10H2,1H3,(H,23,24,25). The largest absolute Gasteiger partial charge is 0.480 e. The van der Waals surface area contributed by atoms with Gasteiger partial charge in [-0.1, -0.05) is 36.4 Å². The van der Waals surface area contributed by atoms with E-state index in [-0.39, 0.29) is 5.91 Å². The van der Waals surface area contributed by atoms with Gasteiger partial charge in [-0.2, -0.15) is 0 Å². The quantitative estimate of drug-likeness (QED) is 0.552. The second-order valence-electron chi connectivity index (χ2n) is 6.62. The molecule has 0 bridgehead atoms. The molecule has 1 unspecified atom stereocenters. The van der Waals surface area contributed by atoms with Crippen molar-refractivity contribution < 1.29 is 9.53 Å². The molecule has 0 aliphatic carbocycles. The molecule has 5 nitrogen and oxygen atoms in total. The number of fused-ring (bicyclic) bond motifs is 2. The Morgan fingerprint density at radius 2 is 2.04 bits per heavy atom. The molecule has 5 rings (SSSR count). The molecule has 0 saturated heterocycles. The number of hydrogen-bond acceptors (Lipinski definition) is 4. The first kappa shape index (κ1) is 16.1. The van der Waals surface area contributed by atoms with Crippen LogP contribution >= 0.6 is 11.3 Å². The number of carbonyl (C=O) groups excluding carboxylic acids is 1. The maximum Gasteiger partial charge on any atom is 0.267 e. The molecular formula is C21H17N3O2S. The Bertz CT molecular complexity index is 1140. The number of nitrogens with zero attached hydrogens (tertiary/aromatic N) is 1.